The van der Waals surface area contributed by atoms with Crippen molar-refractivity contribution in [3.63, 3.8) is 0 Å². The van der Waals surface area contributed by atoms with Gasteiger partial charge in [0.2, 0.25) is 5.91 Å². The molecule has 1 N–H and O–H groups in total. The minimum Gasteiger partial charge on any atom is -0.340 e. The Bertz CT molecular complexity index is 391. The summed E-state index contributed by atoms with van der Waals surface area (Å²) in [6.45, 7) is 3.82. The Morgan fingerprint density at radius 1 is 1.44 bits per heavy atom. The molecule has 0 saturated carbocycles. The van der Waals surface area contributed by atoms with Crippen molar-refractivity contribution in [2.24, 2.45) is 0 Å². The normalized spacial score (nSPS) is 13.6. The van der Waals surface area contributed by atoms with Crippen LogP contribution >= 0.6 is 0 Å². The molecular weight excluding hydrogens is 198 g/mol. The van der Waals surface area contributed by atoms with E-state index in [1.807, 2.05) is 44.2 Å². The molecule has 0 aliphatic rings. The highest BCUT2D eigenvalue weighted by atomic mass is 16.1. The highest BCUT2D eigenvalue weighted by Gasteiger charge is 2.20. The van der Waals surface area contributed by atoms with Crippen molar-refractivity contribution in [3.8, 4) is 12.3 Å². The Labute approximate surface area is 97.1 Å². The molecule has 1 amide bonds. The molecule has 0 spiro atoms. The Morgan fingerprint density at radius 3 is 2.56 bits per heavy atom. The van der Waals surface area contributed by atoms with Crippen LogP contribution in [-0.4, -0.2) is 11.4 Å². The summed E-state index contributed by atoms with van der Waals surface area (Å²) in [5.74, 6) is 2.58. The van der Waals surface area contributed by atoms with Crippen LogP contribution in [0.3, 0.4) is 0 Å². The van der Waals surface area contributed by atoms with Crippen molar-refractivity contribution < 1.29 is 4.79 Å². The number of terminal acetylenes is 1. The number of carbonyl (C=O) groups is 1. The first-order chi connectivity index (χ1) is 7.59. The van der Waals surface area contributed by atoms with Gasteiger partial charge in [-0.2, -0.15) is 0 Å². The summed E-state index contributed by atoms with van der Waals surface area (Å²) >= 11 is 0. The molecule has 0 fully saturated rings. The predicted octanol–water partition coefficient (Wildman–Crippen LogP) is 2.15. The fourth-order valence-electron chi connectivity index (χ4n) is 1.36. The van der Waals surface area contributed by atoms with Gasteiger partial charge in [0.05, 0.1) is 12.0 Å². The van der Waals surface area contributed by atoms with Crippen LogP contribution in [0.1, 0.15) is 25.8 Å². The first-order valence-electron chi connectivity index (χ1n) is 5.42. The van der Waals surface area contributed by atoms with Gasteiger partial charge in [-0.05, 0) is 18.9 Å². The number of benzene rings is 1. The Balaban J connectivity index is 2.59. The fourth-order valence-corrected chi connectivity index (χ4v) is 1.36. The smallest absolute Gasteiger partial charge is 0.225 e. The van der Waals surface area contributed by atoms with Crippen molar-refractivity contribution in [1.29, 1.82) is 0 Å². The van der Waals surface area contributed by atoms with Crippen LogP contribution in [0.2, 0.25) is 0 Å². The molecule has 0 aliphatic carbocycles. The van der Waals surface area contributed by atoms with E-state index >= 15 is 0 Å². The van der Waals surface area contributed by atoms with Gasteiger partial charge < -0.3 is 5.32 Å². The first kappa shape index (κ1) is 12.3. The molecule has 0 saturated heterocycles. The zero-order chi connectivity index (χ0) is 12.0. The van der Waals surface area contributed by atoms with Crippen LogP contribution in [0.15, 0.2) is 30.3 Å². The molecule has 0 aliphatic heterocycles. The van der Waals surface area contributed by atoms with Crippen molar-refractivity contribution >= 4 is 5.91 Å². The summed E-state index contributed by atoms with van der Waals surface area (Å²) < 4.78 is 0. The van der Waals surface area contributed by atoms with E-state index in [-0.39, 0.29) is 5.91 Å². The topological polar surface area (TPSA) is 29.1 Å². The highest BCUT2D eigenvalue weighted by molar-refractivity contribution is 5.79. The van der Waals surface area contributed by atoms with Gasteiger partial charge in [-0.1, -0.05) is 43.2 Å². The third-order valence-electron chi connectivity index (χ3n) is 2.65. The minimum atomic E-state index is -0.536. The SMILES string of the molecule is C#CC(C)(CC)NC(=O)Cc1ccccc1. The Kier molecular flexibility index (Phi) is 4.13. The maximum Gasteiger partial charge on any atom is 0.225 e. The first-order valence-corrected chi connectivity index (χ1v) is 5.42. The molecule has 0 heterocycles. The number of carbonyl (C=O) groups excluding carboxylic acids is 1. The van der Waals surface area contributed by atoms with E-state index in [4.69, 9.17) is 6.42 Å². The average molecular weight is 215 g/mol. The van der Waals surface area contributed by atoms with E-state index in [1.54, 1.807) is 0 Å². The van der Waals surface area contributed by atoms with Crippen molar-refractivity contribution in [1.82, 2.24) is 5.32 Å². The number of rotatable bonds is 4. The summed E-state index contributed by atoms with van der Waals surface area (Å²) in [4.78, 5) is 11.7. The Hall–Kier alpha value is -1.75. The van der Waals surface area contributed by atoms with E-state index in [0.717, 1.165) is 12.0 Å². The summed E-state index contributed by atoms with van der Waals surface area (Å²) in [5.41, 5.74) is 0.460. The van der Waals surface area contributed by atoms with Crippen LogP contribution in [0.25, 0.3) is 0 Å². The standard InChI is InChI=1S/C14H17NO/c1-4-14(3,5-2)15-13(16)11-12-9-7-6-8-10-12/h1,6-10H,5,11H2,2-3H3,(H,15,16). The molecule has 84 valence electrons. The molecule has 1 unspecified atom stereocenters. The lowest BCUT2D eigenvalue weighted by Gasteiger charge is -2.23. The molecular formula is C14H17NO. The lowest BCUT2D eigenvalue weighted by Crippen LogP contribution is -2.44. The second-order valence-electron chi connectivity index (χ2n) is 4.04. The summed E-state index contributed by atoms with van der Waals surface area (Å²) in [6, 6.07) is 9.63. The largest absolute Gasteiger partial charge is 0.340 e. The molecule has 0 aromatic heterocycles. The van der Waals surface area contributed by atoms with Crippen LogP contribution in [0.5, 0.6) is 0 Å². The van der Waals surface area contributed by atoms with Gasteiger partial charge >= 0.3 is 0 Å². The molecule has 0 bridgehead atoms. The predicted molar refractivity (Wildman–Crippen MR) is 65.8 cm³/mol. The van der Waals surface area contributed by atoms with Crippen LogP contribution in [0.4, 0.5) is 0 Å². The van der Waals surface area contributed by atoms with E-state index in [1.165, 1.54) is 0 Å². The Morgan fingerprint density at radius 2 is 2.06 bits per heavy atom. The summed E-state index contributed by atoms with van der Waals surface area (Å²) in [6.07, 6.45) is 6.49. The maximum atomic E-state index is 11.7. The van der Waals surface area contributed by atoms with Gasteiger partial charge in [0.15, 0.2) is 0 Å². The molecule has 16 heavy (non-hydrogen) atoms. The van der Waals surface area contributed by atoms with Gasteiger partial charge in [0.1, 0.15) is 0 Å². The summed E-state index contributed by atoms with van der Waals surface area (Å²) in [5, 5.41) is 2.87. The number of hydrogen-bond donors (Lipinski definition) is 1. The van der Waals surface area contributed by atoms with Gasteiger partial charge in [-0.15, -0.1) is 6.42 Å². The lowest BCUT2D eigenvalue weighted by molar-refractivity contribution is -0.121. The zero-order valence-electron chi connectivity index (χ0n) is 9.79. The van der Waals surface area contributed by atoms with Crippen molar-refractivity contribution in [3.05, 3.63) is 35.9 Å². The van der Waals surface area contributed by atoms with Gasteiger partial charge in [-0.3, -0.25) is 4.79 Å². The second kappa shape index (κ2) is 5.37. The lowest BCUT2D eigenvalue weighted by atomic mass is 9.99. The fraction of sp³-hybridized carbons (Fsp3) is 0.357. The third-order valence-corrected chi connectivity index (χ3v) is 2.65. The summed E-state index contributed by atoms with van der Waals surface area (Å²) in [7, 11) is 0. The molecule has 1 aromatic rings. The monoisotopic (exact) mass is 215 g/mol. The molecule has 2 nitrogen and oxygen atoms in total. The number of amides is 1. The maximum absolute atomic E-state index is 11.7. The van der Waals surface area contributed by atoms with E-state index in [9.17, 15) is 4.79 Å². The highest BCUT2D eigenvalue weighted by Crippen LogP contribution is 2.08. The third kappa shape index (κ3) is 3.43. The molecule has 1 atom stereocenters. The van der Waals surface area contributed by atoms with Crippen LogP contribution < -0.4 is 5.32 Å². The van der Waals surface area contributed by atoms with Gasteiger partial charge in [-0.25, -0.2) is 0 Å². The van der Waals surface area contributed by atoms with E-state index in [0.29, 0.717) is 6.42 Å². The molecule has 0 radical (unpaired) electrons. The zero-order valence-corrected chi connectivity index (χ0v) is 9.79. The van der Waals surface area contributed by atoms with Crippen molar-refractivity contribution in [2.45, 2.75) is 32.2 Å². The number of nitrogens with one attached hydrogen (secondary N) is 1. The minimum absolute atomic E-state index is 0.0338. The van der Waals surface area contributed by atoms with Crippen LogP contribution in [0, 0.1) is 12.3 Å². The molecule has 1 aromatic carbocycles. The molecule has 2 heteroatoms. The van der Waals surface area contributed by atoms with Crippen molar-refractivity contribution in [2.75, 3.05) is 0 Å². The van der Waals surface area contributed by atoms with Crippen LogP contribution in [-0.2, 0) is 11.2 Å². The van der Waals surface area contributed by atoms with Gasteiger partial charge in [0, 0.05) is 0 Å². The van der Waals surface area contributed by atoms with E-state index in [2.05, 4.69) is 11.2 Å². The number of hydrogen-bond acceptors (Lipinski definition) is 1. The van der Waals surface area contributed by atoms with E-state index < -0.39 is 5.54 Å². The quantitative estimate of drug-likeness (QED) is 0.766. The average Bonchev–Trinajstić information content (AvgIpc) is 2.30. The second-order valence-corrected chi connectivity index (χ2v) is 4.04. The van der Waals surface area contributed by atoms with Gasteiger partial charge in [0.25, 0.3) is 0 Å². The molecule has 1 rings (SSSR count).